The van der Waals surface area contributed by atoms with E-state index < -0.39 is 17.8 Å². The zero-order valence-corrected chi connectivity index (χ0v) is 17.8. The molecule has 0 unspecified atom stereocenters. The number of esters is 1. The van der Waals surface area contributed by atoms with E-state index in [9.17, 15) is 14.4 Å². The Balaban J connectivity index is 1.53. The van der Waals surface area contributed by atoms with Gasteiger partial charge < -0.3 is 10.1 Å². The zero-order valence-electron chi connectivity index (χ0n) is 17.8. The lowest BCUT2D eigenvalue weighted by molar-refractivity contribution is -0.139. The highest BCUT2D eigenvalue weighted by atomic mass is 16.5. The van der Waals surface area contributed by atoms with E-state index >= 15 is 0 Å². The summed E-state index contributed by atoms with van der Waals surface area (Å²) >= 11 is 0. The summed E-state index contributed by atoms with van der Waals surface area (Å²) in [6.45, 7) is 3.78. The minimum absolute atomic E-state index is 0.248. The molecule has 3 aromatic carbocycles. The van der Waals surface area contributed by atoms with Crippen LogP contribution in [0.2, 0.25) is 0 Å². The molecule has 162 valence electrons. The molecule has 0 aromatic heterocycles. The van der Waals surface area contributed by atoms with Gasteiger partial charge >= 0.3 is 17.8 Å². The lowest BCUT2D eigenvalue weighted by Gasteiger charge is -2.08. The molecule has 0 bridgehead atoms. The number of aryl methyl sites for hydroxylation is 1. The molecule has 0 radical (unpaired) electrons. The number of hydrogen-bond acceptors (Lipinski definition) is 5. The first kappa shape index (κ1) is 22.4. The van der Waals surface area contributed by atoms with Crippen LogP contribution in [0.3, 0.4) is 0 Å². The topological polar surface area (TPSA) is 96.9 Å². The van der Waals surface area contributed by atoms with Crippen LogP contribution in [-0.2, 0) is 16.1 Å². The summed E-state index contributed by atoms with van der Waals surface area (Å²) < 4.78 is 5.41. The molecule has 0 spiro atoms. The SMILES string of the molecule is C/C(=N\NC(=O)C(=O)NCc1ccccc1)c1ccc(OC(=O)c2ccccc2C)cc1. The summed E-state index contributed by atoms with van der Waals surface area (Å²) in [5.41, 5.74) is 5.66. The van der Waals surface area contributed by atoms with E-state index in [1.54, 1.807) is 43.3 Å². The first-order valence-electron chi connectivity index (χ1n) is 9.98. The van der Waals surface area contributed by atoms with Gasteiger partial charge in [0.05, 0.1) is 11.3 Å². The van der Waals surface area contributed by atoms with Crippen LogP contribution in [0.5, 0.6) is 5.75 Å². The average Bonchev–Trinajstić information content (AvgIpc) is 2.82. The van der Waals surface area contributed by atoms with Crippen molar-refractivity contribution in [3.8, 4) is 5.75 Å². The lowest BCUT2D eigenvalue weighted by atomic mass is 10.1. The highest BCUT2D eigenvalue weighted by molar-refractivity contribution is 6.35. The Morgan fingerprint density at radius 3 is 2.19 bits per heavy atom. The van der Waals surface area contributed by atoms with Crippen molar-refractivity contribution in [1.82, 2.24) is 10.7 Å². The first-order valence-corrected chi connectivity index (χ1v) is 9.98. The molecule has 0 fully saturated rings. The van der Waals surface area contributed by atoms with E-state index in [0.29, 0.717) is 22.6 Å². The van der Waals surface area contributed by atoms with Crippen LogP contribution in [0.15, 0.2) is 84.0 Å². The second kappa shape index (κ2) is 10.7. The Kier molecular flexibility index (Phi) is 7.48. The third-order valence-corrected chi connectivity index (χ3v) is 4.67. The number of nitrogens with zero attached hydrogens (tertiary/aromatic N) is 1. The normalized spacial score (nSPS) is 10.9. The summed E-state index contributed by atoms with van der Waals surface area (Å²) in [6, 6.07) is 23.2. The molecular weight excluding hydrogens is 406 g/mol. The number of rotatable bonds is 6. The van der Waals surface area contributed by atoms with E-state index in [1.807, 2.05) is 49.4 Å². The largest absolute Gasteiger partial charge is 0.423 e. The minimum atomic E-state index is -0.857. The van der Waals surface area contributed by atoms with E-state index in [1.165, 1.54) is 0 Å². The third kappa shape index (κ3) is 6.12. The van der Waals surface area contributed by atoms with E-state index in [2.05, 4.69) is 15.8 Å². The maximum atomic E-state index is 12.3. The summed E-state index contributed by atoms with van der Waals surface area (Å²) in [5.74, 6) is -1.68. The number of benzene rings is 3. The molecule has 3 rings (SSSR count). The van der Waals surface area contributed by atoms with Crippen molar-refractivity contribution in [3.63, 3.8) is 0 Å². The highest BCUT2D eigenvalue weighted by Gasteiger charge is 2.13. The fourth-order valence-electron chi connectivity index (χ4n) is 2.84. The second-order valence-corrected chi connectivity index (χ2v) is 7.04. The maximum absolute atomic E-state index is 12.3. The number of hydrazone groups is 1. The van der Waals surface area contributed by atoms with Gasteiger partial charge in [-0.15, -0.1) is 0 Å². The number of hydrogen-bond donors (Lipinski definition) is 2. The zero-order chi connectivity index (χ0) is 22.9. The second-order valence-electron chi connectivity index (χ2n) is 7.04. The smallest absolute Gasteiger partial charge is 0.343 e. The molecule has 3 aromatic rings. The number of ether oxygens (including phenoxy) is 1. The lowest BCUT2D eigenvalue weighted by Crippen LogP contribution is -2.37. The van der Waals surface area contributed by atoms with Crippen molar-refractivity contribution < 1.29 is 19.1 Å². The summed E-state index contributed by atoms with van der Waals surface area (Å²) in [4.78, 5) is 36.2. The molecule has 0 saturated heterocycles. The van der Waals surface area contributed by atoms with Gasteiger partial charge in [-0.2, -0.15) is 5.10 Å². The number of nitrogens with one attached hydrogen (secondary N) is 2. The molecule has 2 amide bonds. The van der Waals surface area contributed by atoms with Crippen LogP contribution >= 0.6 is 0 Å². The maximum Gasteiger partial charge on any atom is 0.343 e. The Morgan fingerprint density at radius 1 is 0.844 bits per heavy atom. The quantitative estimate of drug-likeness (QED) is 0.206. The highest BCUT2D eigenvalue weighted by Crippen LogP contribution is 2.16. The molecule has 0 atom stereocenters. The Hall–Kier alpha value is -4.26. The molecule has 7 heteroatoms. The summed E-state index contributed by atoms with van der Waals surface area (Å²) in [7, 11) is 0. The van der Waals surface area contributed by atoms with Gasteiger partial charge in [0.1, 0.15) is 5.75 Å². The van der Waals surface area contributed by atoms with Gasteiger partial charge in [-0.05, 0) is 60.9 Å². The van der Waals surface area contributed by atoms with Crippen LogP contribution in [0, 0.1) is 6.92 Å². The monoisotopic (exact) mass is 429 g/mol. The molecular formula is C25H23N3O4. The van der Waals surface area contributed by atoms with E-state index in [4.69, 9.17) is 4.74 Å². The fraction of sp³-hybridized carbons (Fsp3) is 0.120. The van der Waals surface area contributed by atoms with Crippen molar-refractivity contribution in [2.75, 3.05) is 0 Å². The Bertz CT molecular complexity index is 1140. The van der Waals surface area contributed by atoms with Gasteiger partial charge in [0.2, 0.25) is 0 Å². The van der Waals surface area contributed by atoms with Gasteiger partial charge in [0, 0.05) is 6.54 Å². The van der Waals surface area contributed by atoms with Crippen molar-refractivity contribution in [2.24, 2.45) is 5.10 Å². The van der Waals surface area contributed by atoms with Gasteiger partial charge in [0.15, 0.2) is 0 Å². The molecule has 32 heavy (non-hydrogen) atoms. The van der Waals surface area contributed by atoms with E-state index in [0.717, 1.165) is 11.1 Å². The van der Waals surface area contributed by atoms with Crippen LogP contribution in [0.25, 0.3) is 0 Å². The van der Waals surface area contributed by atoms with E-state index in [-0.39, 0.29) is 6.54 Å². The number of carbonyl (C=O) groups is 3. The number of amides is 2. The van der Waals surface area contributed by atoms with Crippen molar-refractivity contribution in [1.29, 1.82) is 0 Å². The Morgan fingerprint density at radius 2 is 1.50 bits per heavy atom. The predicted molar refractivity (Wildman–Crippen MR) is 121 cm³/mol. The minimum Gasteiger partial charge on any atom is -0.423 e. The first-order chi connectivity index (χ1) is 15.4. The van der Waals surface area contributed by atoms with Crippen LogP contribution in [-0.4, -0.2) is 23.5 Å². The van der Waals surface area contributed by atoms with Crippen molar-refractivity contribution >= 4 is 23.5 Å². The molecule has 7 nitrogen and oxygen atoms in total. The molecule has 0 aliphatic rings. The predicted octanol–water partition coefficient (Wildman–Crippen LogP) is 3.37. The van der Waals surface area contributed by atoms with Crippen LogP contribution in [0.1, 0.15) is 34.0 Å². The van der Waals surface area contributed by atoms with Gasteiger partial charge in [-0.3, -0.25) is 9.59 Å². The molecule has 2 N–H and O–H groups in total. The summed E-state index contributed by atoms with van der Waals surface area (Å²) in [5, 5.41) is 6.51. The average molecular weight is 429 g/mol. The molecule has 0 aliphatic carbocycles. The summed E-state index contributed by atoms with van der Waals surface area (Å²) in [6.07, 6.45) is 0. The van der Waals surface area contributed by atoms with Crippen LogP contribution in [0.4, 0.5) is 0 Å². The molecule has 0 heterocycles. The van der Waals surface area contributed by atoms with Gasteiger partial charge in [-0.25, -0.2) is 10.2 Å². The van der Waals surface area contributed by atoms with Crippen molar-refractivity contribution in [2.45, 2.75) is 20.4 Å². The Labute approximate surface area is 186 Å². The van der Waals surface area contributed by atoms with Crippen molar-refractivity contribution in [3.05, 3.63) is 101 Å². The third-order valence-electron chi connectivity index (χ3n) is 4.67. The standard InChI is InChI=1S/C25H23N3O4/c1-17-8-6-7-11-22(17)25(31)32-21-14-12-20(13-15-21)18(2)27-28-24(30)23(29)26-16-19-9-4-3-5-10-19/h3-15H,16H2,1-2H3,(H,26,29)(H,28,30)/b27-18+. The molecule has 0 aliphatic heterocycles. The fourth-order valence-corrected chi connectivity index (χ4v) is 2.84. The van der Waals surface area contributed by atoms with Gasteiger partial charge in [0.25, 0.3) is 0 Å². The molecule has 0 saturated carbocycles. The van der Waals surface area contributed by atoms with Gasteiger partial charge in [-0.1, -0.05) is 48.5 Å². The van der Waals surface area contributed by atoms with Crippen LogP contribution < -0.4 is 15.5 Å². The number of carbonyl (C=O) groups excluding carboxylic acids is 3.